The van der Waals surface area contributed by atoms with Crippen molar-refractivity contribution in [2.45, 2.75) is 32.0 Å². The van der Waals surface area contributed by atoms with Gasteiger partial charge in [-0.15, -0.1) is 0 Å². The van der Waals surface area contributed by atoms with Crippen molar-refractivity contribution in [2.24, 2.45) is 5.92 Å². The Bertz CT molecular complexity index is 1430. The van der Waals surface area contributed by atoms with Gasteiger partial charge in [-0.3, -0.25) is 19.4 Å². The number of fused-ring (bicyclic) bond motifs is 2. The minimum Gasteiger partial charge on any atom is -0.503 e. The molecule has 1 aromatic heterocycles. The van der Waals surface area contributed by atoms with Crippen LogP contribution in [0.2, 0.25) is 0 Å². The van der Waals surface area contributed by atoms with Crippen LogP contribution in [0, 0.1) is 36.1 Å². The fourth-order valence-corrected chi connectivity index (χ4v) is 5.69. The Hall–Kier alpha value is -3.37. The summed E-state index contributed by atoms with van der Waals surface area (Å²) in [7, 11) is 1.55. The number of aliphatic hydroxyl groups is 1. The van der Waals surface area contributed by atoms with E-state index in [4.69, 9.17) is 0 Å². The Morgan fingerprint density at radius 3 is 2.29 bits per heavy atom. The van der Waals surface area contributed by atoms with Gasteiger partial charge in [-0.25, -0.2) is 17.6 Å². The Balaban J connectivity index is 1.92. The van der Waals surface area contributed by atoms with Gasteiger partial charge in [-0.1, -0.05) is 6.92 Å². The Labute approximate surface area is 198 Å². The zero-order valence-corrected chi connectivity index (χ0v) is 19.2. The maximum absolute atomic E-state index is 14.7. The SMILES string of the molecule is Cc1cc(F)c(F)cc1C1(N2CN(C)C(O)c3c(O)c(=O)ccn32)c2cc(F)c(F)cc2CC1C. The summed E-state index contributed by atoms with van der Waals surface area (Å²) in [6.45, 7) is 3.40. The standard InChI is InChI=1S/C25H23F4N3O3/c1-12-6-17(26)19(28)9-15(12)25(13(2)7-14-8-18(27)20(29)10-16(14)25)32-11-30(3)24(35)22-23(34)21(33)4-5-31(22)32/h4-6,8-10,13,24,34-35H,7,11H2,1-3H3. The fourth-order valence-electron chi connectivity index (χ4n) is 5.69. The molecule has 6 nitrogen and oxygen atoms in total. The molecule has 0 fully saturated rings. The number of aromatic hydroxyl groups is 1. The number of nitrogens with zero attached hydrogens (tertiary/aromatic N) is 3. The van der Waals surface area contributed by atoms with Gasteiger partial charge in [0.05, 0.1) is 6.67 Å². The number of pyridine rings is 1. The first kappa shape index (κ1) is 23.4. The van der Waals surface area contributed by atoms with Crippen LogP contribution in [0.4, 0.5) is 17.6 Å². The molecule has 184 valence electrons. The highest BCUT2D eigenvalue weighted by atomic mass is 19.2. The lowest BCUT2D eigenvalue weighted by Gasteiger charge is -2.53. The summed E-state index contributed by atoms with van der Waals surface area (Å²) < 4.78 is 59.1. The van der Waals surface area contributed by atoms with Crippen LogP contribution in [0.3, 0.4) is 0 Å². The van der Waals surface area contributed by atoms with E-state index in [-0.39, 0.29) is 18.8 Å². The molecule has 3 aromatic rings. The van der Waals surface area contributed by atoms with Crippen molar-refractivity contribution in [1.29, 1.82) is 0 Å². The number of aliphatic hydroxyl groups excluding tert-OH is 1. The van der Waals surface area contributed by atoms with Crippen molar-refractivity contribution in [1.82, 2.24) is 9.58 Å². The van der Waals surface area contributed by atoms with Crippen molar-refractivity contribution in [3.05, 3.63) is 98.0 Å². The van der Waals surface area contributed by atoms with Gasteiger partial charge in [0.1, 0.15) is 11.2 Å². The van der Waals surface area contributed by atoms with Gasteiger partial charge in [-0.05, 0) is 72.8 Å². The third kappa shape index (κ3) is 3.13. The molecule has 2 heterocycles. The monoisotopic (exact) mass is 489 g/mol. The molecule has 10 heteroatoms. The molecule has 5 rings (SSSR count). The fraction of sp³-hybridized carbons (Fsp3) is 0.320. The van der Waals surface area contributed by atoms with E-state index in [0.29, 0.717) is 22.3 Å². The number of aryl methyl sites for hydroxylation is 1. The summed E-state index contributed by atoms with van der Waals surface area (Å²) in [5.74, 6) is -5.39. The maximum atomic E-state index is 14.7. The Morgan fingerprint density at radius 2 is 1.60 bits per heavy atom. The second-order valence-electron chi connectivity index (χ2n) is 9.31. The van der Waals surface area contributed by atoms with Gasteiger partial charge in [-0.2, -0.15) is 0 Å². The predicted octanol–water partition coefficient (Wildman–Crippen LogP) is 3.39. The molecule has 0 amide bonds. The lowest BCUT2D eigenvalue weighted by atomic mass is 9.75. The van der Waals surface area contributed by atoms with Crippen molar-refractivity contribution in [3.8, 4) is 5.75 Å². The van der Waals surface area contributed by atoms with Crippen LogP contribution in [0.25, 0.3) is 0 Å². The van der Waals surface area contributed by atoms with E-state index in [9.17, 15) is 32.6 Å². The van der Waals surface area contributed by atoms with E-state index in [2.05, 4.69) is 0 Å². The summed E-state index contributed by atoms with van der Waals surface area (Å²) in [5, 5.41) is 23.0. The van der Waals surface area contributed by atoms with E-state index in [0.717, 1.165) is 30.3 Å². The summed E-state index contributed by atoms with van der Waals surface area (Å²) >= 11 is 0. The number of hydrogen-bond donors (Lipinski definition) is 2. The van der Waals surface area contributed by atoms with E-state index in [1.54, 1.807) is 19.0 Å². The molecular formula is C25H23F4N3O3. The highest BCUT2D eigenvalue weighted by Gasteiger charge is 2.54. The molecular weight excluding hydrogens is 466 g/mol. The molecule has 1 aliphatic heterocycles. The van der Waals surface area contributed by atoms with Crippen LogP contribution < -0.4 is 10.4 Å². The molecule has 0 radical (unpaired) electrons. The average Bonchev–Trinajstić information content (AvgIpc) is 3.07. The van der Waals surface area contributed by atoms with Crippen LogP contribution in [0.1, 0.15) is 41.1 Å². The predicted molar refractivity (Wildman–Crippen MR) is 119 cm³/mol. The first-order valence-corrected chi connectivity index (χ1v) is 11.0. The van der Waals surface area contributed by atoms with Crippen LogP contribution in [0.15, 0.2) is 41.3 Å². The van der Waals surface area contributed by atoms with Gasteiger partial charge in [0.25, 0.3) is 0 Å². The summed E-state index contributed by atoms with van der Waals surface area (Å²) in [4.78, 5) is 13.6. The summed E-state index contributed by atoms with van der Waals surface area (Å²) in [6.07, 6.45) is 0.286. The number of rotatable bonds is 2. The summed E-state index contributed by atoms with van der Waals surface area (Å²) in [5.41, 5.74) is -0.720. The Morgan fingerprint density at radius 1 is 1.00 bits per heavy atom. The third-order valence-corrected chi connectivity index (χ3v) is 7.25. The van der Waals surface area contributed by atoms with E-state index >= 15 is 0 Å². The average molecular weight is 489 g/mol. The lowest BCUT2D eigenvalue weighted by Crippen LogP contribution is -2.62. The highest BCUT2D eigenvalue weighted by Crippen LogP contribution is 2.52. The number of halogens is 4. The lowest BCUT2D eigenvalue weighted by molar-refractivity contribution is -0.0185. The smallest absolute Gasteiger partial charge is 0.223 e. The second-order valence-corrected chi connectivity index (χ2v) is 9.31. The highest BCUT2D eigenvalue weighted by molar-refractivity contribution is 5.55. The number of hydrogen-bond acceptors (Lipinski definition) is 5. The molecule has 3 unspecified atom stereocenters. The molecule has 0 bridgehead atoms. The molecule has 0 saturated heterocycles. The van der Waals surface area contributed by atoms with E-state index in [1.165, 1.54) is 15.8 Å². The Kier molecular flexibility index (Phi) is 5.22. The van der Waals surface area contributed by atoms with Crippen molar-refractivity contribution < 1.29 is 27.8 Å². The zero-order valence-electron chi connectivity index (χ0n) is 19.2. The van der Waals surface area contributed by atoms with Gasteiger partial charge in [0.15, 0.2) is 35.2 Å². The normalized spacial score (nSPS) is 23.9. The second kappa shape index (κ2) is 7.82. The van der Waals surface area contributed by atoms with Crippen LogP contribution in [0.5, 0.6) is 5.75 Å². The van der Waals surface area contributed by atoms with Gasteiger partial charge in [0, 0.05) is 12.3 Å². The molecule has 0 spiro atoms. The quantitative estimate of drug-likeness (QED) is 0.541. The molecule has 3 atom stereocenters. The van der Waals surface area contributed by atoms with Gasteiger partial charge < -0.3 is 10.2 Å². The minimum atomic E-state index is -1.38. The summed E-state index contributed by atoms with van der Waals surface area (Å²) in [6, 6.07) is 5.36. The maximum Gasteiger partial charge on any atom is 0.223 e. The van der Waals surface area contributed by atoms with E-state index < -0.39 is 52.1 Å². The molecule has 2 aromatic carbocycles. The molecule has 1 aliphatic carbocycles. The minimum absolute atomic E-state index is 0.0162. The first-order chi connectivity index (χ1) is 16.5. The zero-order chi connectivity index (χ0) is 25.4. The van der Waals surface area contributed by atoms with Gasteiger partial charge >= 0.3 is 0 Å². The van der Waals surface area contributed by atoms with Crippen molar-refractivity contribution in [3.63, 3.8) is 0 Å². The number of aromatic nitrogens is 1. The van der Waals surface area contributed by atoms with Crippen LogP contribution in [-0.2, 0) is 12.0 Å². The molecule has 0 saturated carbocycles. The third-order valence-electron chi connectivity index (χ3n) is 7.25. The molecule has 2 aliphatic rings. The van der Waals surface area contributed by atoms with Crippen LogP contribution in [-0.4, -0.2) is 33.5 Å². The van der Waals surface area contributed by atoms with Crippen molar-refractivity contribution >= 4 is 0 Å². The molecule has 2 N–H and O–H groups in total. The first-order valence-electron chi connectivity index (χ1n) is 11.0. The van der Waals surface area contributed by atoms with E-state index in [1.807, 2.05) is 6.92 Å². The van der Waals surface area contributed by atoms with Crippen LogP contribution >= 0.6 is 0 Å². The largest absolute Gasteiger partial charge is 0.503 e. The van der Waals surface area contributed by atoms with Gasteiger partial charge in [0.2, 0.25) is 5.43 Å². The topological polar surface area (TPSA) is 68.9 Å². The molecule has 35 heavy (non-hydrogen) atoms. The number of benzene rings is 2. The van der Waals surface area contributed by atoms with Crippen molar-refractivity contribution in [2.75, 3.05) is 18.7 Å².